The molecule has 0 aromatic heterocycles. The highest BCUT2D eigenvalue weighted by Gasteiger charge is 2.34. The van der Waals surface area contributed by atoms with Gasteiger partial charge in [0, 0.05) is 18.0 Å². The molecule has 0 radical (unpaired) electrons. The summed E-state index contributed by atoms with van der Waals surface area (Å²) in [6, 6.07) is 29.4. The van der Waals surface area contributed by atoms with Crippen LogP contribution in [0.2, 0.25) is 0 Å². The first-order valence-electron chi connectivity index (χ1n) is 16.2. The van der Waals surface area contributed by atoms with Crippen LogP contribution in [0.1, 0.15) is 33.7 Å². The summed E-state index contributed by atoms with van der Waals surface area (Å²) in [6.45, 7) is 5.99. The Balaban J connectivity index is 1.80. The minimum atomic E-state index is -4.76. The second-order valence-corrected chi connectivity index (χ2v) is 11.5. The van der Waals surface area contributed by atoms with Crippen LogP contribution in [0.5, 0.6) is 11.5 Å². The van der Waals surface area contributed by atoms with Gasteiger partial charge in [0.2, 0.25) is 0 Å². The number of amides is 1. The van der Waals surface area contributed by atoms with Crippen LogP contribution in [-0.2, 0) is 40.6 Å². The lowest BCUT2D eigenvalue weighted by Gasteiger charge is -2.31. The lowest BCUT2D eigenvalue weighted by atomic mass is 9.89. The summed E-state index contributed by atoms with van der Waals surface area (Å²) in [5.74, 6) is 0.0333. The lowest BCUT2D eigenvalue weighted by molar-refractivity contribution is -0.159. The van der Waals surface area contributed by atoms with Gasteiger partial charge >= 0.3 is 12.3 Å². The minimum Gasteiger partial charge on any atom is -0.497 e. The van der Waals surface area contributed by atoms with Gasteiger partial charge in [0.15, 0.2) is 6.61 Å². The fraction of sp³-hybridized carbons (Fsp3) is 0.275. The molecular formula is C40H42F3NO7. The van der Waals surface area contributed by atoms with Crippen LogP contribution < -0.4 is 14.4 Å². The van der Waals surface area contributed by atoms with Gasteiger partial charge in [-0.25, -0.2) is 4.79 Å². The number of anilines is 1. The standard InChI is InChI=1S/C40H42F3NO7/c1-4-20-44(39(46)51-28-40(41,42)43)35-21-32(25-48-23-29-12-8-6-9-13-29)22-37(50-26-30-14-10-7-11-15-30)38(35)34(36(45)5-2)27-49-24-31-16-18-33(47-3)19-17-31/h4-19,21-22,34,36,45H,1-2,20,23-28H2,3H3/t34-,36+/m1/s1. The summed E-state index contributed by atoms with van der Waals surface area (Å²) in [4.78, 5) is 14.4. The molecule has 0 aliphatic heterocycles. The fourth-order valence-corrected chi connectivity index (χ4v) is 5.23. The molecule has 270 valence electrons. The zero-order valence-electron chi connectivity index (χ0n) is 28.4. The maximum absolute atomic E-state index is 13.4. The Bertz CT molecular complexity index is 1680. The van der Waals surface area contributed by atoms with Gasteiger partial charge in [-0.2, -0.15) is 13.2 Å². The van der Waals surface area contributed by atoms with Crippen molar-refractivity contribution in [1.29, 1.82) is 0 Å². The van der Waals surface area contributed by atoms with E-state index < -0.39 is 30.9 Å². The summed E-state index contributed by atoms with van der Waals surface area (Å²) in [5, 5.41) is 11.4. The molecule has 0 aliphatic rings. The maximum atomic E-state index is 13.4. The Kier molecular flexibility index (Phi) is 14.7. The van der Waals surface area contributed by atoms with E-state index in [2.05, 4.69) is 13.2 Å². The van der Waals surface area contributed by atoms with Gasteiger partial charge in [-0.15, -0.1) is 13.2 Å². The molecule has 0 heterocycles. The van der Waals surface area contributed by atoms with Crippen molar-refractivity contribution in [2.75, 3.05) is 31.8 Å². The lowest BCUT2D eigenvalue weighted by Crippen LogP contribution is -2.36. The van der Waals surface area contributed by atoms with E-state index in [0.29, 0.717) is 16.9 Å². The molecule has 0 saturated carbocycles. The third-order valence-electron chi connectivity index (χ3n) is 7.73. The van der Waals surface area contributed by atoms with Gasteiger partial charge in [0.1, 0.15) is 18.1 Å². The van der Waals surface area contributed by atoms with Crippen molar-refractivity contribution >= 4 is 11.8 Å². The van der Waals surface area contributed by atoms with Crippen LogP contribution in [0.4, 0.5) is 23.7 Å². The Hall–Kier alpha value is -5.10. The average Bonchev–Trinajstić information content (AvgIpc) is 3.14. The number of carbonyl (C=O) groups excluding carboxylic acids is 1. The number of nitrogens with zero attached hydrogens (tertiary/aromatic N) is 1. The van der Waals surface area contributed by atoms with Crippen LogP contribution in [0.25, 0.3) is 0 Å². The van der Waals surface area contributed by atoms with Crippen molar-refractivity contribution in [1.82, 2.24) is 0 Å². The largest absolute Gasteiger partial charge is 0.497 e. The Morgan fingerprint density at radius 1 is 0.824 bits per heavy atom. The van der Waals surface area contributed by atoms with Crippen molar-refractivity contribution in [3.63, 3.8) is 0 Å². The number of ether oxygens (including phenoxy) is 5. The number of halogens is 3. The first-order chi connectivity index (χ1) is 24.6. The quantitative estimate of drug-likeness (QED) is 0.0979. The van der Waals surface area contributed by atoms with Crippen molar-refractivity contribution in [3.05, 3.63) is 150 Å². The number of aliphatic hydroxyl groups is 1. The second-order valence-electron chi connectivity index (χ2n) is 11.5. The van der Waals surface area contributed by atoms with E-state index in [-0.39, 0.29) is 51.0 Å². The highest BCUT2D eigenvalue weighted by molar-refractivity contribution is 5.90. The fourth-order valence-electron chi connectivity index (χ4n) is 5.23. The summed E-state index contributed by atoms with van der Waals surface area (Å²) in [6.07, 6.45) is -4.57. The van der Waals surface area contributed by atoms with E-state index in [1.807, 2.05) is 72.8 Å². The monoisotopic (exact) mass is 705 g/mol. The molecule has 2 atom stereocenters. The van der Waals surface area contributed by atoms with E-state index in [9.17, 15) is 23.1 Å². The predicted molar refractivity (Wildman–Crippen MR) is 189 cm³/mol. The molecule has 1 N–H and O–H groups in total. The molecule has 11 heteroatoms. The maximum Gasteiger partial charge on any atom is 0.422 e. The third-order valence-corrected chi connectivity index (χ3v) is 7.73. The SMILES string of the molecule is C=CCN(C(=O)OCC(F)(F)F)c1cc(COCc2ccccc2)cc(OCc2ccccc2)c1[C@H](COCc1ccc(OC)cc1)[C@@H](O)C=C. The summed E-state index contributed by atoms with van der Waals surface area (Å²) in [5.41, 5.74) is 3.58. The molecule has 0 saturated heterocycles. The second kappa shape index (κ2) is 19.3. The first kappa shape index (κ1) is 38.7. The van der Waals surface area contributed by atoms with Crippen LogP contribution in [-0.4, -0.2) is 50.3 Å². The number of rotatable bonds is 19. The summed E-state index contributed by atoms with van der Waals surface area (Å²) in [7, 11) is 1.57. The predicted octanol–water partition coefficient (Wildman–Crippen LogP) is 8.53. The van der Waals surface area contributed by atoms with E-state index in [1.54, 1.807) is 31.4 Å². The van der Waals surface area contributed by atoms with Gasteiger partial charge in [-0.1, -0.05) is 84.9 Å². The Labute approximate surface area is 296 Å². The van der Waals surface area contributed by atoms with E-state index in [1.165, 1.54) is 12.2 Å². The Morgan fingerprint density at radius 2 is 1.41 bits per heavy atom. The highest BCUT2D eigenvalue weighted by Crippen LogP contribution is 2.41. The highest BCUT2D eigenvalue weighted by atomic mass is 19.4. The molecule has 4 aromatic carbocycles. The molecule has 0 fully saturated rings. The number of benzene rings is 4. The van der Waals surface area contributed by atoms with E-state index >= 15 is 0 Å². The number of hydrogen-bond donors (Lipinski definition) is 1. The van der Waals surface area contributed by atoms with Crippen LogP contribution in [0, 0.1) is 0 Å². The molecule has 51 heavy (non-hydrogen) atoms. The molecule has 0 aliphatic carbocycles. The average molecular weight is 706 g/mol. The number of aliphatic hydroxyl groups excluding tert-OH is 1. The minimum absolute atomic E-state index is 0.0616. The summed E-state index contributed by atoms with van der Waals surface area (Å²) >= 11 is 0. The normalized spacial score (nSPS) is 12.4. The van der Waals surface area contributed by atoms with E-state index in [0.717, 1.165) is 21.6 Å². The number of methoxy groups -OCH3 is 1. The van der Waals surface area contributed by atoms with Crippen molar-refractivity contribution < 1.29 is 46.8 Å². The first-order valence-corrected chi connectivity index (χ1v) is 16.2. The third kappa shape index (κ3) is 12.0. The van der Waals surface area contributed by atoms with Crippen LogP contribution >= 0.6 is 0 Å². The van der Waals surface area contributed by atoms with Gasteiger partial charge in [-0.3, -0.25) is 4.90 Å². The van der Waals surface area contributed by atoms with Crippen molar-refractivity contribution in [2.24, 2.45) is 0 Å². The molecule has 4 aromatic rings. The smallest absolute Gasteiger partial charge is 0.422 e. The number of alkyl halides is 3. The molecule has 0 bridgehead atoms. The number of carbonyl (C=O) groups is 1. The Morgan fingerprint density at radius 3 is 2.00 bits per heavy atom. The van der Waals surface area contributed by atoms with E-state index in [4.69, 9.17) is 23.7 Å². The zero-order chi connectivity index (χ0) is 36.6. The van der Waals surface area contributed by atoms with Crippen molar-refractivity contribution in [3.8, 4) is 11.5 Å². The van der Waals surface area contributed by atoms with Crippen molar-refractivity contribution in [2.45, 2.75) is 44.6 Å². The molecular weight excluding hydrogens is 663 g/mol. The molecule has 4 rings (SSSR count). The van der Waals surface area contributed by atoms with Gasteiger partial charge in [-0.05, 0) is 46.5 Å². The van der Waals surface area contributed by atoms with Gasteiger partial charge < -0.3 is 28.8 Å². The zero-order valence-corrected chi connectivity index (χ0v) is 28.4. The van der Waals surface area contributed by atoms with Gasteiger partial charge in [0.25, 0.3) is 0 Å². The molecule has 0 spiro atoms. The van der Waals surface area contributed by atoms with Gasteiger partial charge in [0.05, 0.1) is 45.3 Å². The molecule has 1 amide bonds. The van der Waals surface area contributed by atoms with Crippen LogP contribution in [0.15, 0.2) is 122 Å². The number of hydrogen-bond acceptors (Lipinski definition) is 7. The molecule has 0 unspecified atom stereocenters. The van der Waals surface area contributed by atoms with Crippen LogP contribution in [0.3, 0.4) is 0 Å². The summed E-state index contributed by atoms with van der Waals surface area (Å²) < 4.78 is 68.1. The molecule has 8 nitrogen and oxygen atoms in total. The topological polar surface area (TPSA) is 86.7 Å².